The quantitative estimate of drug-likeness (QED) is 0.430. The topological polar surface area (TPSA) is 115 Å². The summed E-state index contributed by atoms with van der Waals surface area (Å²) in [4.78, 5) is 61.2. The van der Waals surface area contributed by atoms with Crippen molar-refractivity contribution in [2.75, 3.05) is 44.6 Å². The van der Waals surface area contributed by atoms with Crippen LogP contribution in [0.5, 0.6) is 5.75 Å². The van der Waals surface area contributed by atoms with Crippen LogP contribution in [0.15, 0.2) is 53.0 Å². The van der Waals surface area contributed by atoms with Gasteiger partial charge in [-0.05, 0) is 87.5 Å². The third-order valence-electron chi connectivity index (χ3n) is 9.79. The molecule has 0 radical (unpaired) electrons. The lowest BCUT2D eigenvalue weighted by Crippen LogP contribution is -2.56. The lowest BCUT2D eigenvalue weighted by atomic mass is 9.98. The van der Waals surface area contributed by atoms with Crippen LogP contribution in [0.3, 0.4) is 0 Å². The minimum Gasteiger partial charge on any atom is -0.410 e. The number of nitrogens with one attached hydrogen (secondary N) is 2. The number of hydrogen-bond donors (Lipinski definition) is 2. The summed E-state index contributed by atoms with van der Waals surface area (Å²) in [6, 6.07) is 13.9. The number of halogens is 1. The van der Waals surface area contributed by atoms with Crippen LogP contribution in [0.4, 0.5) is 15.3 Å². The highest BCUT2D eigenvalue weighted by molar-refractivity contribution is 9.10. The van der Waals surface area contributed by atoms with Crippen molar-refractivity contribution in [3.8, 4) is 5.75 Å². The Morgan fingerprint density at radius 2 is 1.50 bits per heavy atom. The summed E-state index contributed by atoms with van der Waals surface area (Å²) in [5, 5.41) is 5.69. The van der Waals surface area contributed by atoms with E-state index < -0.39 is 12.1 Å². The van der Waals surface area contributed by atoms with Crippen molar-refractivity contribution in [1.29, 1.82) is 0 Å². The van der Waals surface area contributed by atoms with Crippen LogP contribution in [0.2, 0.25) is 0 Å². The van der Waals surface area contributed by atoms with Gasteiger partial charge < -0.3 is 35.0 Å². The molecule has 12 heteroatoms. The summed E-state index contributed by atoms with van der Waals surface area (Å²) in [6.07, 6.45) is 5.87. The highest BCUT2D eigenvalue weighted by Crippen LogP contribution is 2.28. The Bertz CT molecular complexity index is 1400. The number of fused-ring (bicyclic) bond motifs is 1. The SMILES string of the molecule is O=C(N[C@@H](CC(=O)N1CCC(N2Cc3ccccc3NC2=O)CC1)C(=O)N1CCC(N2CCCCC2)CC1)Oc1ccc(Br)cc1. The molecule has 246 valence electrons. The number of rotatable bonds is 7. The molecule has 3 fully saturated rings. The molecule has 2 aromatic rings. The minimum atomic E-state index is -1.04. The third-order valence-corrected chi connectivity index (χ3v) is 10.3. The number of amides is 5. The number of urea groups is 1. The van der Waals surface area contributed by atoms with E-state index in [0.29, 0.717) is 57.4 Å². The second kappa shape index (κ2) is 14.8. The normalized spacial score (nSPS) is 20.5. The number of hydrogen-bond acceptors (Lipinski definition) is 6. The number of carbonyl (C=O) groups excluding carboxylic acids is 4. The van der Waals surface area contributed by atoms with E-state index in [2.05, 4.69) is 31.5 Å². The van der Waals surface area contributed by atoms with Crippen molar-refractivity contribution < 1.29 is 23.9 Å². The standard InChI is InChI=1S/C34H43BrN6O5/c35-25-8-10-28(11-9-25)46-34(45)37-30(32(43)40-20-12-26(13-21-40)38-16-4-1-5-17-38)22-31(42)39-18-14-27(15-19-39)41-23-24-6-2-3-7-29(24)36-33(41)44/h2-3,6-11,26-27,30H,1,4-5,12-23H2,(H,36,44)(H,37,45)/t30-/m0/s1. The summed E-state index contributed by atoms with van der Waals surface area (Å²) >= 11 is 3.37. The molecule has 2 N–H and O–H groups in total. The van der Waals surface area contributed by atoms with Crippen LogP contribution in [0.25, 0.3) is 0 Å². The minimum absolute atomic E-state index is 0.00930. The number of para-hydroxylation sites is 1. The maximum absolute atomic E-state index is 13.8. The van der Waals surface area contributed by atoms with Gasteiger partial charge in [-0.15, -0.1) is 0 Å². The maximum Gasteiger partial charge on any atom is 0.413 e. The number of benzene rings is 2. The Morgan fingerprint density at radius 1 is 0.848 bits per heavy atom. The maximum atomic E-state index is 13.8. The van der Waals surface area contributed by atoms with Gasteiger partial charge >= 0.3 is 12.1 Å². The van der Waals surface area contributed by atoms with Gasteiger partial charge in [-0.25, -0.2) is 9.59 Å². The fourth-order valence-electron chi connectivity index (χ4n) is 7.18. The van der Waals surface area contributed by atoms with Gasteiger partial charge in [0.2, 0.25) is 11.8 Å². The average molecular weight is 696 g/mol. The Kier molecular flexibility index (Phi) is 10.4. The largest absolute Gasteiger partial charge is 0.413 e. The van der Waals surface area contributed by atoms with E-state index in [1.165, 1.54) is 19.3 Å². The molecular weight excluding hydrogens is 652 g/mol. The second-order valence-electron chi connectivity index (χ2n) is 12.7. The Balaban J connectivity index is 1.06. The molecule has 46 heavy (non-hydrogen) atoms. The smallest absolute Gasteiger partial charge is 0.410 e. The number of likely N-dealkylation sites (tertiary alicyclic amines) is 3. The molecule has 4 aliphatic heterocycles. The van der Waals surface area contributed by atoms with Crippen LogP contribution >= 0.6 is 15.9 Å². The van der Waals surface area contributed by atoms with Gasteiger partial charge in [0, 0.05) is 55.0 Å². The number of piperidine rings is 3. The van der Waals surface area contributed by atoms with E-state index in [9.17, 15) is 19.2 Å². The van der Waals surface area contributed by atoms with E-state index >= 15 is 0 Å². The molecule has 0 spiro atoms. The van der Waals surface area contributed by atoms with Crippen LogP contribution in [-0.4, -0.2) is 101 Å². The molecule has 0 bridgehead atoms. The van der Waals surface area contributed by atoms with E-state index in [-0.39, 0.29) is 30.3 Å². The predicted octanol–water partition coefficient (Wildman–Crippen LogP) is 4.81. The van der Waals surface area contributed by atoms with Gasteiger partial charge in [0.15, 0.2) is 0 Å². The first kappa shape index (κ1) is 32.3. The molecule has 1 atom stereocenters. The molecule has 6 rings (SSSR count). The highest BCUT2D eigenvalue weighted by atomic mass is 79.9. The van der Waals surface area contributed by atoms with Gasteiger partial charge in [-0.3, -0.25) is 9.59 Å². The van der Waals surface area contributed by atoms with Gasteiger partial charge in [-0.1, -0.05) is 40.5 Å². The lowest BCUT2D eigenvalue weighted by Gasteiger charge is -2.41. The average Bonchev–Trinajstić information content (AvgIpc) is 3.09. The molecule has 0 aromatic heterocycles. The first-order chi connectivity index (χ1) is 22.3. The van der Waals surface area contributed by atoms with Gasteiger partial charge in [0.25, 0.3) is 0 Å². The number of carbonyl (C=O) groups is 4. The van der Waals surface area contributed by atoms with Crippen LogP contribution in [0.1, 0.15) is 56.9 Å². The molecule has 3 saturated heterocycles. The van der Waals surface area contributed by atoms with Gasteiger partial charge in [0.05, 0.1) is 6.42 Å². The number of ether oxygens (including phenoxy) is 1. The Hall–Kier alpha value is -3.64. The molecule has 11 nitrogen and oxygen atoms in total. The van der Waals surface area contributed by atoms with E-state index in [1.807, 2.05) is 29.2 Å². The zero-order valence-electron chi connectivity index (χ0n) is 26.2. The summed E-state index contributed by atoms with van der Waals surface area (Å²) in [7, 11) is 0. The number of anilines is 1. The monoisotopic (exact) mass is 694 g/mol. The van der Waals surface area contributed by atoms with Crippen molar-refractivity contribution >= 4 is 45.6 Å². The summed E-state index contributed by atoms with van der Waals surface area (Å²) in [5.74, 6) is -0.110. The van der Waals surface area contributed by atoms with Crippen LogP contribution in [0, 0.1) is 0 Å². The molecule has 2 aromatic carbocycles. The summed E-state index contributed by atoms with van der Waals surface area (Å²) in [6.45, 7) is 4.91. The van der Waals surface area contributed by atoms with E-state index in [4.69, 9.17) is 4.74 Å². The van der Waals surface area contributed by atoms with Crippen molar-refractivity contribution in [3.63, 3.8) is 0 Å². The zero-order valence-corrected chi connectivity index (χ0v) is 27.8. The Morgan fingerprint density at radius 3 is 2.22 bits per heavy atom. The molecule has 4 aliphatic rings. The summed E-state index contributed by atoms with van der Waals surface area (Å²) < 4.78 is 6.31. The van der Waals surface area contributed by atoms with Crippen molar-refractivity contribution in [1.82, 2.24) is 24.9 Å². The van der Waals surface area contributed by atoms with Crippen molar-refractivity contribution in [3.05, 3.63) is 58.6 Å². The van der Waals surface area contributed by atoms with Gasteiger partial charge in [-0.2, -0.15) is 0 Å². The Labute approximate surface area is 278 Å². The first-order valence-electron chi connectivity index (χ1n) is 16.5. The van der Waals surface area contributed by atoms with E-state index in [0.717, 1.165) is 41.7 Å². The number of nitrogens with zero attached hydrogens (tertiary/aromatic N) is 4. The predicted molar refractivity (Wildman–Crippen MR) is 177 cm³/mol. The fourth-order valence-corrected chi connectivity index (χ4v) is 7.45. The molecule has 4 heterocycles. The molecular formula is C34H43BrN6O5. The third kappa shape index (κ3) is 7.83. The van der Waals surface area contributed by atoms with E-state index in [1.54, 1.807) is 34.1 Å². The molecule has 5 amide bonds. The van der Waals surface area contributed by atoms with Crippen molar-refractivity contribution in [2.24, 2.45) is 0 Å². The second-order valence-corrected chi connectivity index (χ2v) is 13.6. The molecule has 0 unspecified atom stereocenters. The van der Waals surface area contributed by atoms with Crippen molar-refractivity contribution in [2.45, 2.75) is 76.0 Å². The van der Waals surface area contributed by atoms with Gasteiger partial charge in [0.1, 0.15) is 11.8 Å². The fraction of sp³-hybridized carbons (Fsp3) is 0.529. The molecule has 0 saturated carbocycles. The highest BCUT2D eigenvalue weighted by Gasteiger charge is 2.36. The molecule has 0 aliphatic carbocycles. The van der Waals surface area contributed by atoms with Crippen LogP contribution in [-0.2, 0) is 16.1 Å². The summed E-state index contributed by atoms with van der Waals surface area (Å²) in [5.41, 5.74) is 1.91. The lowest BCUT2D eigenvalue weighted by molar-refractivity contribution is -0.140. The first-order valence-corrected chi connectivity index (χ1v) is 17.3. The zero-order chi connectivity index (χ0) is 32.0. The van der Waals surface area contributed by atoms with Crippen LogP contribution < -0.4 is 15.4 Å².